The molecular formula is C6H9NNaO4P. The number of nitrogens with two attached hydrogens (primary N) is 1. The molecule has 68 valence electrons. The topological polar surface area (TPSA) is 92.8 Å². The molecule has 0 aliphatic rings. The van der Waals surface area contributed by atoms with E-state index in [1.54, 1.807) is 0 Å². The van der Waals surface area contributed by atoms with Gasteiger partial charge in [0.2, 0.25) is 0 Å². The summed E-state index contributed by atoms with van der Waals surface area (Å²) < 4.78 is 14.6. The molecule has 0 spiro atoms. The number of phosphoric acid groups is 1. The summed E-state index contributed by atoms with van der Waals surface area (Å²) in [6, 6.07) is 5.75. The Morgan fingerprint density at radius 3 is 2.08 bits per heavy atom. The van der Waals surface area contributed by atoms with Crippen molar-refractivity contribution in [3.63, 3.8) is 0 Å². The molecule has 0 radical (unpaired) electrons. The first kappa shape index (κ1) is 13.0. The Bertz CT molecular complexity index is 309. The van der Waals surface area contributed by atoms with Gasteiger partial charge in [-0.3, -0.25) is 9.79 Å². The Morgan fingerprint density at radius 2 is 1.69 bits per heavy atom. The average molecular weight is 213 g/mol. The zero-order valence-corrected chi connectivity index (χ0v) is 6.94. The van der Waals surface area contributed by atoms with Crippen LogP contribution in [0.15, 0.2) is 24.3 Å². The van der Waals surface area contributed by atoms with Crippen LogP contribution in [0.25, 0.3) is 0 Å². The van der Waals surface area contributed by atoms with Gasteiger partial charge in [-0.25, -0.2) is 4.57 Å². The van der Waals surface area contributed by atoms with Crippen molar-refractivity contribution in [2.24, 2.45) is 0 Å². The predicted octanol–water partition coefficient (Wildman–Crippen LogP) is 0.0918. The van der Waals surface area contributed by atoms with E-state index in [4.69, 9.17) is 15.5 Å². The van der Waals surface area contributed by atoms with E-state index in [9.17, 15) is 4.57 Å². The van der Waals surface area contributed by atoms with Gasteiger partial charge >= 0.3 is 37.4 Å². The molecule has 13 heavy (non-hydrogen) atoms. The summed E-state index contributed by atoms with van der Waals surface area (Å²) in [4.78, 5) is 16.8. The van der Waals surface area contributed by atoms with E-state index >= 15 is 0 Å². The average Bonchev–Trinajstić information content (AvgIpc) is 1.91. The molecule has 0 saturated heterocycles. The van der Waals surface area contributed by atoms with Gasteiger partial charge in [0, 0.05) is 5.69 Å². The zero-order valence-electron chi connectivity index (χ0n) is 6.04. The first-order valence-electron chi connectivity index (χ1n) is 3.08. The third kappa shape index (κ3) is 5.31. The van der Waals surface area contributed by atoms with Crippen molar-refractivity contribution in [2.45, 2.75) is 0 Å². The van der Waals surface area contributed by atoms with Crippen molar-refractivity contribution in [1.29, 1.82) is 0 Å². The molecule has 0 fully saturated rings. The van der Waals surface area contributed by atoms with Crippen molar-refractivity contribution in [1.82, 2.24) is 0 Å². The van der Waals surface area contributed by atoms with Crippen LogP contribution in [0, 0.1) is 0 Å². The number of rotatable bonds is 2. The number of hydrogen-bond donors (Lipinski definition) is 3. The van der Waals surface area contributed by atoms with Gasteiger partial charge in [0.25, 0.3) is 0 Å². The van der Waals surface area contributed by atoms with Gasteiger partial charge in [0.1, 0.15) is 5.75 Å². The third-order valence-electron chi connectivity index (χ3n) is 1.10. The summed E-state index contributed by atoms with van der Waals surface area (Å²) in [7, 11) is -4.44. The third-order valence-corrected chi connectivity index (χ3v) is 1.55. The van der Waals surface area contributed by atoms with Crippen LogP contribution in [-0.4, -0.2) is 39.3 Å². The Morgan fingerprint density at radius 1 is 1.23 bits per heavy atom. The van der Waals surface area contributed by atoms with Gasteiger partial charge in [-0.2, -0.15) is 0 Å². The Labute approximate surface area is 97.4 Å². The maximum absolute atomic E-state index is 10.3. The second kappa shape index (κ2) is 5.00. The van der Waals surface area contributed by atoms with E-state index in [1.807, 2.05) is 0 Å². The van der Waals surface area contributed by atoms with Crippen molar-refractivity contribution in [3.8, 4) is 5.75 Å². The number of nitrogen functional groups attached to an aromatic ring is 1. The molecule has 5 nitrogen and oxygen atoms in total. The van der Waals surface area contributed by atoms with Crippen molar-refractivity contribution in [2.75, 3.05) is 5.73 Å². The summed E-state index contributed by atoms with van der Waals surface area (Å²) in [6.45, 7) is 0. The number of hydrogen-bond acceptors (Lipinski definition) is 3. The monoisotopic (exact) mass is 213 g/mol. The van der Waals surface area contributed by atoms with Gasteiger partial charge in [0.05, 0.1) is 0 Å². The van der Waals surface area contributed by atoms with E-state index in [2.05, 4.69) is 4.52 Å². The van der Waals surface area contributed by atoms with Crippen LogP contribution in [0.2, 0.25) is 0 Å². The van der Waals surface area contributed by atoms with Gasteiger partial charge in [-0.1, -0.05) is 0 Å². The number of phosphoric ester groups is 1. The molecule has 0 unspecified atom stereocenters. The van der Waals surface area contributed by atoms with Crippen molar-refractivity contribution in [3.05, 3.63) is 24.3 Å². The minimum atomic E-state index is -4.44. The normalized spacial score (nSPS) is 10.3. The molecule has 0 atom stereocenters. The summed E-state index contributed by atoms with van der Waals surface area (Å²) in [6.07, 6.45) is 0. The maximum atomic E-state index is 10.3. The van der Waals surface area contributed by atoms with Crippen LogP contribution in [0.3, 0.4) is 0 Å². The fraction of sp³-hybridized carbons (Fsp3) is 0. The first-order chi connectivity index (χ1) is 5.47. The molecule has 7 heteroatoms. The Balaban J connectivity index is 0.00000144. The molecule has 4 N–H and O–H groups in total. The molecule has 1 aromatic carbocycles. The molecule has 0 aliphatic heterocycles. The second-order valence-electron chi connectivity index (χ2n) is 2.15. The minimum absolute atomic E-state index is 0. The summed E-state index contributed by atoms with van der Waals surface area (Å²) in [5.41, 5.74) is 5.85. The van der Waals surface area contributed by atoms with Gasteiger partial charge in [-0.15, -0.1) is 0 Å². The van der Waals surface area contributed by atoms with Crippen molar-refractivity contribution >= 4 is 43.1 Å². The molecule has 0 amide bonds. The van der Waals surface area contributed by atoms with Crippen LogP contribution in [0.5, 0.6) is 5.75 Å². The zero-order chi connectivity index (χ0) is 9.19. The standard InChI is InChI=1S/C6H8NO4P.Na.H/c7-5-1-3-6(4-2-5)11-12(8,9)10;;/h1-4H,7H2,(H2,8,9,10);;. The van der Waals surface area contributed by atoms with E-state index in [1.165, 1.54) is 24.3 Å². The molecule has 1 aromatic rings. The van der Waals surface area contributed by atoms with Gasteiger partial charge in [0.15, 0.2) is 0 Å². The fourth-order valence-corrected chi connectivity index (χ4v) is 1.06. The summed E-state index contributed by atoms with van der Waals surface area (Å²) in [5, 5.41) is 0. The molecular weight excluding hydrogens is 204 g/mol. The van der Waals surface area contributed by atoms with Crippen LogP contribution < -0.4 is 10.3 Å². The van der Waals surface area contributed by atoms with E-state index in [0.717, 1.165) is 0 Å². The van der Waals surface area contributed by atoms with Gasteiger partial charge < -0.3 is 10.3 Å². The Kier molecular flexibility index (Phi) is 4.99. The molecule has 0 aromatic heterocycles. The predicted molar refractivity (Wildman–Crippen MR) is 50.7 cm³/mol. The summed E-state index contributed by atoms with van der Waals surface area (Å²) >= 11 is 0. The van der Waals surface area contributed by atoms with Crippen LogP contribution in [-0.2, 0) is 4.57 Å². The van der Waals surface area contributed by atoms with Crippen LogP contribution in [0.1, 0.15) is 0 Å². The SMILES string of the molecule is Nc1ccc(OP(=O)(O)O)cc1.[NaH]. The number of benzene rings is 1. The van der Waals surface area contributed by atoms with E-state index in [0.29, 0.717) is 5.69 Å². The molecule has 0 aliphatic carbocycles. The molecule has 0 bridgehead atoms. The fourth-order valence-electron chi connectivity index (χ4n) is 0.666. The number of anilines is 1. The summed E-state index contributed by atoms with van der Waals surface area (Å²) in [5.74, 6) is 0.0949. The Hall–Kier alpha value is -0.0300. The quantitative estimate of drug-likeness (QED) is 0.368. The van der Waals surface area contributed by atoms with Crippen LogP contribution >= 0.6 is 7.82 Å². The second-order valence-corrected chi connectivity index (χ2v) is 3.31. The molecule has 1 rings (SSSR count). The van der Waals surface area contributed by atoms with Crippen molar-refractivity contribution < 1.29 is 18.9 Å². The first-order valence-corrected chi connectivity index (χ1v) is 4.61. The molecule has 0 saturated carbocycles. The molecule has 0 heterocycles. The van der Waals surface area contributed by atoms with Crippen LogP contribution in [0.4, 0.5) is 5.69 Å². The van der Waals surface area contributed by atoms with E-state index in [-0.39, 0.29) is 35.3 Å². The van der Waals surface area contributed by atoms with E-state index < -0.39 is 7.82 Å². The van der Waals surface area contributed by atoms with Gasteiger partial charge in [-0.05, 0) is 24.3 Å².